The third kappa shape index (κ3) is 5.50. The lowest BCUT2D eigenvalue weighted by atomic mass is 10.2. The fourth-order valence-electron chi connectivity index (χ4n) is 3.01. The Morgan fingerprint density at radius 2 is 1.88 bits per heavy atom. The van der Waals surface area contributed by atoms with E-state index in [1.807, 2.05) is 12.1 Å². The highest BCUT2D eigenvalue weighted by Crippen LogP contribution is 2.31. The molecular formula is C24H19BrN2O6. The number of hydrazone groups is 1. The number of fused-ring (bicyclic) bond motifs is 1. The predicted octanol–water partition coefficient (Wildman–Crippen LogP) is 3.97. The fourth-order valence-corrected chi connectivity index (χ4v) is 3.41. The van der Waals surface area contributed by atoms with Crippen molar-refractivity contribution in [2.45, 2.75) is 6.10 Å². The van der Waals surface area contributed by atoms with Crippen LogP contribution < -0.4 is 24.4 Å². The summed E-state index contributed by atoms with van der Waals surface area (Å²) in [4.78, 5) is 24.7. The molecule has 0 radical (unpaired) electrons. The summed E-state index contributed by atoms with van der Waals surface area (Å²) in [7, 11) is 1.47. The Labute approximate surface area is 198 Å². The van der Waals surface area contributed by atoms with E-state index < -0.39 is 18.0 Å². The number of nitrogens with one attached hydrogen (secondary N) is 1. The number of hydrogen-bond acceptors (Lipinski definition) is 7. The average molecular weight is 511 g/mol. The Kier molecular flexibility index (Phi) is 6.89. The first-order chi connectivity index (χ1) is 16.0. The highest BCUT2D eigenvalue weighted by atomic mass is 79.9. The molecular weight excluding hydrogens is 492 g/mol. The summed E-state index contributed by atoms with van der Waals surface area (Å²) in [5.74, 6) is 0.750. The number of carbonyl (C=O) groups excluding carboxylic acids is 2. The van der Waals surface area contributed by atoms with Gasteiger partial charge >= 0.3 is 5.97 Å². The van der Waals surface area contributed by atoms with Gasteiger partial charge in [-0.15, -0.1) is 0 Å². The number of para-hydroxylation sites is 2. The number of esters is 1. The van der Waals surface area contributed by atoms with Crippen LogP contribution in [0.2, 0.25) is 0 Å². The van der Waals surface area contributed by atoms with Crippen molar-refractivity contribution < 1.29 is 28.5 Å². The molecule has 9 heteroatoms. The maximum Gasteiger partial charge on any atom is 0.343 e. The van der Waals surface area contributed by atoms with Crippen LogP contribution in [0, 0.1) is 0 Å². The molecule has 1 heterocycles. The number of methoxy groups -OCH3 is 1. The molecule has 0 aromatic heterocycles. The van der Waals surface area contributed by atoms with E-state index in [-0.39, 0.29) is 12.4 Å². The minimum atomic E-state index is -0.814. The van der Waals surface area contributed by atoms with Crippen LogP contribution in [0.4, 0.5) is 0 Å². The zero-order chi connectivity index (χ0) is 23.2. The normalized spacial score (nSPS) is 14.5. The van der Waals surface area contributed by atoms with Gasteiger partial charge in [-0.1, -0.05) is 34.1 Å². The third-order valence-corrected chi connectivity index (χ3v) is 5.13. The van der Waals surface area contributed by atoms with Crippen molar-refractivity contribution >= 4 is 34.0 Å². The van der Waals surface area contributed by atoms with Crippen molar-refractivity contribution in [3.8, 4) is 23.0 Å². The van der Waals surface area contributed by atoms with Gasteiger partial charge in [0.15, 0.2) is 23.0 Å². The van der Waals surface area contributed by atoms with E-state index in [1.54, 1.807) is 54.6 Å². The van der Waals surface area contributed by atoms with Gasteiger partial charge in [0.05, 0.1) is 18.9 Å². The minimum absolute atomic E-state index is 0.0875. The zero-order valence-electron chi connectivity index (χ0n) is 17.5. The van der Waals surface area contributed by atoms with Crippen LogP contribution >= 0.6 is 15.9 Å². The van der Waals surface area contributed by atoms with Crippen molar-refractivity contribution in [2.24, 2.45) is 5.10 Å². The fraction of sp³-hybridized carbons (Fsp3) is 0.125. The summed E-state index contributed by atoms with van der Waals surface area (Å²) >= 11 is 3.33. The van der Waals surface area contributed by atoms with Crippen LogP contribution in [0.5, 0.6) is 23.0 Å². The first-order valence-electron chi connectivity index (χ1n) is 9.90. The number of benzene rings is 3. The number of nitrogens with zero attached hydrogens (tertiary/aromatic N) is 1. The Morgan fingerprint density at radius 3 is 2.67 bits per heavy atom. The van der Waals surface area contributed by atoms with Gasteiger partial charge in [-0.3, -0.25) is 4.79 Å². The van der Waals surface area contributed by atoms with E-state index in [0.29, 0.717) is 28.4 Å². The Bertz CT molecular complexity index is 1210. The summed E-state index contributed by atoms with van der Waals surface area (Å²) in [5.41, 5.74) is 3.46. The second-order valence-corrected chi connectivity index (χ2v) is 7.82. The molecule has 0 saturated heterocycles. The summed E-state index contributed by atoms with van der Waals surface area (Å²) in [5, 5.41) is 3.97. The van der Waals surface area contributed by atoms with Crippen molar-refractivity contribution in [1.29, 1.82) is 0 Å². The lowest BCUT2D eigenvalue weighted by molar-refractivity contribution is -0.130. The van der Waals surface area contributed by atoms with Gasteiger partial charge in [0.1, 0.15) is 6.61 Å². The molecule has 3 aromatic carbocycles. The van der Waals surface area contributed by atoms with E-state index in [0.717, 1.165) is 4.47 Å². The minimum Gasteiger partial charge on any atom is -0.493 e. The summed E-state index contributed by atoms with van der Waals surface area (Å²) < 4.78 is 22.7. The molecule has 0 spiro atoms. The number of halogens is 1. The maximum absolute atomic E-state index is 12.4. The van der Waals surface area contributed by atoms with Gasteiger partial charge < -0.3 is 18.9 Å². The maximum atomic E-state index is 12.4. The monoisotopic (exact) mass is 510 g/mol. The Balaban J connectivity index is 1.37. The molecule has 1 amide bonds. The van der Waals surface area contributed by atoms with Crippen LogP contribution in [0.15, 0.2) is 76.3 Å². The Morgan fingerprint density at radius 1 is 1.06 bits per heavy atom. The smallest absolute Gasteiger partial charge is 0.343 e. The van der Waals surface area contributed by atoms with E-state index in [9.17, 15) is 9.59 Å². The second kappa shape index (κ2) is 10.2. The third-order valence-electron chi connectivity index (χ3n) is 4.64. The van der Waals surface area contributed by atoms with E-state index in [2.05, 4.69) is 26.5 Å². The molecule has 0 saturated carbocycles. The highest BCUT2D eigenvalue weighted by Gasteiger charge is 2.27. The van der Waals surface area contributed by atoms with Crippen LogP contribution in [-0.4, -0.2) is 37.9 Å². The summed E-state index contributed by atoms with van der Waals surface area (Å²) in [6.45, 7) is 0.0875. The van der Waals surface area contributed by atoms with E-state index >= 15 is 0 Å². The van der Waals surface area contributed by atoms with Gasteiger partial charge in [0.25, 0.3) is 5.91 Å². The standard InChI is InChI=1S/C24H19BrN2O6/c1-30-21-11-15(9-10-20(21)33-24(29)16-5-4-6-17(25)12-16)13-26-27-23(28)22-14-31-18-7-2-3-8-19(18)32-22/h2-13,22H,14H2,1H3,(H,27,28). The molecule has 8 nitrogen and oxygen atoms in total. The molecule has 0 fully saturated rings. The SMILES string of the molecule is COc1cc(C=NNC(=O)C2COc3ccccc3O2)ccc1OC(=O)c1cccc(Br)c1. The highest BCUT2D eigenvalue weighted by molar-refractivity contribution is 9.10. The van der Waals surface area contributed by atoms with Crippen LogP contribution in [0.3, 0.4) is 0 Å². The molecule has 0 bridgehead atoms. The van der Waals surface area contributed by atoms with Gasteiger partial charge in [-0.05, 0) is 54.1 Å². The Hall–Kier alpha value is -3.85. The number of amides is 1. The number of hydrogen-bond donors (Lipinski definition) is 1. The molecule has 1 atom stereocenters. The molecule has 0 aliphatic carbocycles. The van der Waals surface area contributed by atoms with Gasteiger partial charge in [0, 0.05) is 4.47 Å². The molecule has 4 rings (SSSR count). The number of carbonyl (C=O) groups is 2. The quantitative estimate of drug-likeness (QED) is 0.233. The first-order valence-corrected chi connectivity index (χ1v) is 10.7. The lowest BCUT2D eigenvalue weighted by Gasteiger charge is -2.24. The zero-order valence-corrected chi connectivity index (χ0v) is 19.1. The molecule has 168 valence electrons. The molecule has 33 heavy (non-hydrogen) atoms. The number of ether oxygens (including phenoxy) is 4. The predicted molar refractivity (Wildman–Crippen MR) is 124 cm³/mol. The van der Waals surface area contributed by atoms with Gasteiger partial charge in [0.2, 0.25) is 6.10 Å². The lowest BCUT2D eigenvalue weighted by Crippen LogP contribution is -2.42. The second-order valence-electron chi connectivity index (χ2n) is 6.91. The first kappa shape index (κ1) is 22.3. The average Bonchev–Trinajstić information content (AvgIpc) is 2.84. The summed E-state index contributed by atoms with van der Waals surface area (Å²) in [6.07, 6.45) is 0.629. The van der Waals surface area contributed by atoms with Crippen molar-refractivity contribution in [3.63, 3.8) is 0 Å². The van der Waals surface area contributed by atoms with Crippen molar-refractivity contribution in [1.82, 2.24) is 5.43 Å². The van der Waals surface area contributed by atoms with Crippen LogP contribution in [0.25, 0.3) is 0 Å². The van der Waals surface area contributed by atoms with Gasteiger partial charge in [-0.25, -0.2) is 10.2 Å². The molecule has 3 aromatic rings. The number of rotatable bonds is 6. The topological polar surface area (TPSA) is 95.5 Å². The van der Waals surface area contributed by atoms with E-state index in [4.69, 9.17) is 18.9 Å². The van der Waals surface area contributed by atoms with Crippen LogP contribution in [0.1, 0.15) is 15.9 Å². The van der Waals surface area contributed by atoms with Crippen LogP contribution in [-0.2, 0) is 4.79 Å². The largest absolute Gasteiger partial charge is 0.493 e. The molecule has 1 N–H and O–H groups in total. The summed E-state index contributed by atoms with van der Waals surface area (Å²) in [6, 6.07) is 18.9. The van der Waals surface area contributed by atoms with Crippen molar-refractivity contribution in [3.05, 3.63) is 82.3 Å². The molecule has 1 aliphatic heterocycles. The van der Waals surface area contributed by atoms with Gasteiger partial charge in [-0.2, -0.15) is 5.10 Å². The van der Waals surface area contributed by atoms with E-state index in [1.165, 1.54) is 13.3 Å². The molecule has 1 unspecified atom stereocenters. The van der Waals surface area contributed by atoms with Crippen molar-refractivity contribution in [2.75, 3.05) is 13.7 Å². The molecule has 1 aliphatic rings.